The number of carbonyl (C=O) groups excluding carboxylic acids is 2. The lowest BCUT2D eigenvalue weighted by atomic mass is 10.1. The number of fused-ring (bicyclic) bond motifs is 1. The van der Waals surface area contributed by atoms with Crippen molar-refractivity contribution in [3.05, 3.63) is 75.7 Å². The van der Waals surface area contributed by atoms with Gasteiger partial charge in [0.05, 0.1) is 19.7 Å². The lowest BCUT2D eigenvalue weighted by molar-refractivity contribution is -0.117. The fraction of sp³-hybridized carbons (Fsp3) is 0.136. The number of likely N-dealkylation sites (N-methyl/N-ethyl adjacent to an activating group) is 1. The highest BCUT2D eigenvalue weighted by Gasteiger charge is 2.15. The highest BCUT2D eigenvalue weighted by molar-refractivity contribution is 6.05. The van der Waals surface area contributed by atoms with Gasteiger partial charge in [0.2, 0.25) is 0 Å². The monoisotopic (exact) mass is 407 g/mol. The molecule has 0 bridgehead atoms. The van der Waals surface area contributed by atoms with Gasteiger partial charge in [0.15, 0.2) is 0 Å². The number of amides is 2. The van der Waals surface area contributed by atoms with E-state index in [0.29, 0.717) is 22.6 Å². The third kappa shape index (κ3) is 4.49. The summed E-state index contributed by atoms with van der Waals surface area (Å²) in [6.07, 6.45) is 1.34. The van der Waals surface area contributed by atoms with E-state index < -0.39 is 17.4 Å². The van der Waals surface area contributed by atoms with E-state index in [4.69, 9.17) is 9.47 Å². The first kappa shape index (κ1) is 20.7. The van der Waals surface area contributed by atoms with Crippen LogP contribution in [0.1, 0.15) is 15.9 Å². The van der Waals surface area contributed by atoms with E-state index in [0.717, 1.165) is 5.39 Å². The fourth-order valence-electron chi connectivity index (χ4n) is 2.82. The molecule has 2 amide bonds. The van der Waals surface area contributed by atoms with Crippen LogP contribution in [-0.2, 0) is 4.79 Å². The summed E-state index contributed by atoms with van der Waals surface area (Å²) in [7, 11) is 4.50. The van der Waals surface area contributed by atoms with Gasteiger partial charge >= 0.3 is 0 Å². The number of hydrogen-bond donors (Lipinski definition) is 3. The predicted octanol–water partition coefficient (Wildman–Crippen LogP) is 2.06. The summed E-state index contributed by atoms with van der Waals surface area (Å²) in [5.41, 5.74) is 0.694. The second-order valence-electron chi connectivity index (χ2n) is 6.33. The minimum Gasteiger partial charge on any atom is -0.497 e. The number of aromatic nitrogens is 1. The average molecular weight is 407 g/mol. The van der Waals surface area contributed by atoms with Gasteiger partial charge in [-0.3, -0.25) is 14.4 Å². The zero-order valence-corrected chi connectivity index (χ0v) is 16.7. The smallest absolute Gasteiger partial charge is 0.267 e. The maximum atomic E-state index is 12.6. The number of carbonyl (C=O) groups is 2. The first-order valence-electron chi connectivity index (χ1n) is 9.05. The molecular formula is C22H21N3O5. The second kappa shape index (κ2) is 8.95. The highest BCUT2D eigenvalue weighted by Crippen LogP contribution is 2.19. The molecule has 8 heteroatoms. The van der Waals surface area contributed by atoms with Gasteiger partial charge in [-0.25, -0.2) is 0 Å². The van der Waals surface area contributed by atoms with Crippen LogP contribution in [0.3, 0.4) is 0 Å². The van der Waals surface area contributed by atoms with Gasteiger partial charge in [0, 0.05) is 24.2 Å². The summed E-state index contributed by atoms with van der Waals surface area (Å²) in [5, 5.41) is 5.77. The Labute approximate surface area is 172 Å². The van der Waals surface area contributed by atoms with Crippen molar-refractivity contribution < 1.29 is 19.1 Å². The molecule has 0 atom stereocenters. The van der Waals surface area contributed by atoms with Crippen molar-refractivity contribution in [1.29, 1.82) is 0 Å². The number of pyridine rings is 1. The summed E-state index contributed by atoms with van der Waals surface area (Å²) in [6.45, 7) is 0. The molecule has 0 saturated carbocycles. The molecule has 0 radical (unpaired) electrons. The van der Waals surface area contributed by atoms with E-state index >= 15 is 0 Å². The maximum absolute atomic E-state index is 12.6. The quantitative estimate of drug-likeness (QED) is 0.542. The maximum Gasteiger partial charge on any atom is 0.267 e. The number of methoxy groups -OCH3 is 2. The van der Waals surface area contributed by atoms with Gasteiger partial charge in [0.1, 0.15) is 17.2 Å². The second-order valence-corrected chi connectivity index (χ2v) is 6.33. The van der Waals surface area contributed by atoms with Crippen LogP contribution >= 0.6 is 0 Å². The molecule has 1 aromatic heterocycles. The van der Waals surface area contributed by atoms with Gasteiger partial charge in [-0.05, 0) is 53.9 Å². The number of ether oxygens (including phenoxy) is 2. The van der Waals surface area contributed by atoms with Crippen LogP contribution in [0.25, 0.3) is 17.0 Å². The van der Waals surface area contributed by atoms with E-state index in [1.54, 1.807) is 48.5 Å². The van der Waals surface area contributed by atoms with Crippen LogP contribution in [-0.4, -0.2) is 38.1 Å². The van der Waals surface area contributed by atoms with E-state index in [1.165, 1.54) is 27.3 Å². The Morgan fingerprint density at radius 3 is 2.27 bits per heavy atom. The summed E-state index contributed by atoms with van der Waals surface area (Å²) in [6, 6.07) is 13.3. The van der Waals surface area contributed by atoms with Gasteiger partial charge in [-0.15, -0.1) is 0 Å². The molecule has 154 valence electrons. The summed E-state index contributed by atoms with van der Waals surface area (Å²) in [4.78, 5) is 40.1. The Hall–Kier alpha value is -4.07. The SMILES string of the molecule is CNC(=O)C(=Cc1cc2ccc(OC)cc2[nH]c1=O)NC(=O)c1ccc(OC)cc1. The standard InChI is InChI=1S/C22H21N3O5/c1-23-22(28)19(25-20(26)13-4-7-16(29-2)8-5-13)11-15-10-14-6-9-17(30-3)12-18(14)24-21(15)27/h4-12H,1-3H3,(H,23,28)(H,24,27)(H,25,26). The molecule has 30 heavy (non-hydrogen) atoms. The molecule has 0 aliphatic heterocycles. The van der Waals surface area contributed by atoms with E-state index in [9.17, 15) is 14.4 Å². The van der Waals surface area contributed by atoms with Crippen LogP contribution in [0, 0.1) is 0 Å². The summed E-state index contributed by atoms with van der Waals surface area (Å²) >= 11 is 0. The lowest BCUT2D eigenvalue weighted by Crippen LogP contribution is -2.33. The molecule has 0 aliphatic rings. The molecule has 1 heterocycles. The molecule has 0 spiro atoms. The number of nitrogens with one attached hydrogen (secondary N) is 3. The van der Waals surface area contributed by atoms with Crippen LogP contribution in [0.5, 0.6) is 11.5 Å². The van der Waals surface area contributed by atoms with Crippen molar-refractivity contribution in [2.45, 2.75) is 0 Å². The number of aromatic amines is 1. The van der Waals surface area contributed by atoms with Crippen LogP contribution in [0.2, 0.25) is 0 Å². The Bertz CT molecular complexity index is 1180. The average Bonchev–Trinajstić information content (AvgIpc) is 2.78. The van der Waals surface area contributed by atoms with Crippen LogP contribution in [0.4, 0.5) is 0 Å². The third-order valence-corrected chi connectivity index (χ3v) is 4.45. The van der Waals surface area contributed by atoms with Gasteiger partial charge in [-0.1, -0.05) is 0 Å². The molecule has 2 aromatic carbocycles. The lowest BCUT2D eigenvalue weighted by Gasteiger charge is -2.10. The molecule has 3 aromatic rings. The number of hydrogen-bond acceptors (Lipinski definition) is 5. The minimum absolute atomic E-state index is 0.0586. The zero-order valence-electron chi connectivity index (χ0n) is 16.7. The van der Waals surface area contributed by atoms with Crippen LogP contribution < -0.4 is 25.7 Å². The van der Waals surface area contributed by atoms with Crippen molar-refractivity contribution in [2.24, 2.45) is 0 Å². The van der Waals surface area contributed by atoms with E-state index in [2.05, 4.69) is 15.6 Å². The summed E-state index contributed by atoms with van der Waals surface area (Å²) in [5.74, 6) is 0.188. The predicted molar refractivity (Wildman–Crippen MR) is 114 cm³/mol. The molecule has 8 nitrogen and oxygen atoms in total. The third-order valence-electron chi connectivity index (χ3n) is 4.45. The Morgan fingerprint density at radius 2 is 1.63 bits per heavy atom. The van der Waals surface area contributed by atoms with Gasteiger partial charge in [0.25, 0.3) is 17.4 Å². The van der Waals surface area contributed by atoms with Crippen molar-refractivity contribution in [3.8, 4) is 11.5 Å². The Morgan fingerprint density at radius 1 is 0.967 bits per heavy atom. The number of benzene rings is 2. The van der Waals surface area contributed by atoms with Crippen molar-refractivity contribution >= 4 is 28.8 Å². The van der Waals surface area contributed by atoms with Crippen molar-refractivity contribution in [1.82, 2.24) is 15.6 Å². The molecule has 3 rings (SSSR count). The molecule has 0 unspecified atom stereocenters. The Balaban J connectivity index is 1.96. The van der Waals surface area contributed by atoms with Gasteiger partial charge < -0.3 is 25.1 Å². The van der Waals surface area contributed by atoms with Crippen LogP contribution in [0.15, 0.2) is 59.0 Å². The normalized spacial score (nSPS) is 11.1. The highest BCUT2D eigenvalue weighted by atomic mass is 16.5. The number of H-pyrrole nitrogens is 1. The largest absolute Gasteiger partial charge is 0.497 e. The molecule has 0 saturated heterocycles. The van der Waals surface area contributed by atoms with E-state index in [1.807, 2.05) is 0 Å². The number of rotatable bonds is 6. The van der Waals surface area contributed by atoms with E-state index in [-0.39, 0.29) is 11.3 Å². The molecule has 3 N–H and O–H groups in total. The molecule has 0 fully saturated rings. The molecular weight excluding hydrogens is 386 g/mol. The van der Waals surface area contributed by atoms with Crippen molar-refractivity contribution in [2.75, 3.05) is 21.3 Å². The Kier molecular flexibility index (Phi) is 6.17. The summed E-state index contributed by atoms with van der Waals surface area (Å²) < 4.78 is 10.2. The van der Waals surface area contributed by atoms with Crippen molar-refractivity contribution in [3.63, 3.8) is 0 Å². The van der Waals surface area contributed by atoms with Gasteiger partial charge in [-0.2, -0.15) is 0 Å². The first-order chi connectivity index (χ1) is 14.4. The topological polar surface area (TPSA) is 110 Å². The minimum atomic E-state index is -0.536. The zero-order chi connectivity index (χ0) is 21.7. The molecule has 0 aliphatic carbocycles. The first-order valence-corrected chi connectivity index (χ1v) is 9.05. The fourth-order valence-corrected chi connectivity index (χ4v) is 2.82.